The lowest BCUT2D eigenvalue weighted by Gasteiger charge is -2.00. The monoisotopic (exact) mass is 422 g/mol. The molecule has 0 amide bonds. The first kappa shape index (κ1) is 17.7. The number of hydrazone groups is 1. The van der Waals surface area contributed by atoms with Crippen LogP contribution < -0.4 is 5.43 Å². The number of furan rings is 1. The van der Waals surface area contributed by atoms with Crippen molar-refractivity contribution in [1.82, 2.24) is 20.2 Å². The number of hydrogen-bond donors (Lipinski definition) is 2. The molecular weight excluding hydrogens is 411 g/mol. The predicted octanol–water partition coefficient (Wildman–Crippen LogP) is 5.52. The van der Waals surface area contributed by atoms with Gasteiger partial charge in [0, 0.05) is 21.5 Å². The van der Waals surface area contributed by atoms with Gasteiger partial charge >= 0.3 is 0 Å². The van der Waals surface area contributed by atoms with E-state index >= 15 is 0 Å². The van der Waals surface area contributed by atoms with Gasteiger partial charge < -0.3 is 9.40 Å². The van der Waals surface area contributed by atoms with Gasteiger partial charge in [-0.15, -0.1) is 10.2 Å². The lowest BCUT2D eigenvalue weighted by molar-refractivity contribution is 0.575. The molecule has 5 rings (SSSR count). The van der Waals surface area contributed by atoms with Crippen LogP contribution in [0.25, 0.3) is 33.4 Å². The smallest absolute Gasteiger partial charge is 0.265 e. The van der Waals surface area contributed by atoms with Crippen LogP contribution in [-0.2, 0) is 0 Å². The van der Waals surface area contributed by atoms with Crippen LogP contribution in [0.5, 0.6) is 0 Å². The largest absolute Gasteiger partial charge is 0.455 e. The van der Waals surface area contributed by atoms with Crippen molar-refractivity contribution in [3.8, 4) is 11.3 Å². The minimum absolute atomic E-state index is 0.271. The number of rotatable bonds is 4. The first-order valence-corrected chi connectivity index (χ1v) is 9.38. The van der Waals surface area contributed by atoms with Crippen molar-refractivity contribution in [3.63, 3.8) is 0 Å². The second kappa shape index (κ2) is 7.20. The number of fused-ring (bicyclic) bond motifs is 3. The number of aromatic amines is 1. The summed E-state index contributed by atoms with van der Waals surface area (Å²) in [5.74, 6) is 1.43. The summed E-state index contributed by atoms with van der Waals surface area (Å²) >= 11 is 12.1. The van der Waals surface area contributed by atoms with Gasteiger partial charge in [-0.2, -0.15) is 10.1 Å². The molecule has 0 saturated heterocycles. The van der Waals surface area contributed by atoms with E-state index in [9.17, 15) is 0 Å². The number of para-hydroxylation sites is 1. The van der Waals surface area contributed by atoms with Crippen LogP contribution in [0.3, 0.4) is 0 Å². The van der Waals surface area contributed by atoms with Gasteiger partial charge in [-0.1, -0.05) is 41.4 Å². The summed E-state index contributed by atoms with van der Waals surface area (Å²) in [6.45, 7) is 0. The molecule has 0 saturated carbocycles. The summed E-state index contributed by atoms with van der Waals surface area (Å²) in [5, 5.41) is 14.5. The number of anilines is 1. The first-order chi connectivity index (χ1) is 14.2. The molecule has 0 fully saturated rings. The van der Waals surface area contributed by atoms with Gasteiger partial charge in [-0.3, -0.25) is 0 Å². The highest BCUT2D eigenvalue weighted by molar-refractivity contribution is 6.36. The van der Waals surface area contributed by atoms with Gasteiger partial charge in [0.2, 0.25) is 0 Å². The average molecular weight is 423 g/mol. The average Bonchev–Trinajstić information content (AvgIpc) is 3.32. The predicted molar refractivity (Wildman–Crippen MR) is 115 cm³/mol. The molecule has 0 aliphatic carbocycles. The normalized spacial score (nSPS) is 11.7. The Kier molecular flexibility index (Phi) is 4.38. The summed E-state index contributed by atoms with van der Waals surface area (Å²) < 4.78 is 5.76. The third kappa shape index (κ3) is 3.41. The second-order valence-electron chi connectivity index (χ2n) is 6.20. The maximum absolute atomic E-state index is 6.22. The van der Waals surface area contributed by atoms with Crippen LogP contribution in [0.2, 0.25) is 10.0 Å². The Hall–Kier alpha value is -3.42. The minimum Gasteiger partial charge on any atom is -0.455 e. The SMILES string of the molecule is Clc1ccc(-c2ccc(C=NNc3nnc4c(n3)[nH]c3ccccc34)o2)c(Cl)c1. The topological polar surface area (TPSA) is 92.0 Å². The number of aromatic nitrogens is 4. The van der Waals surface area contributed by atoms with Gasteiger partial charge in [0.05, 0.1) is 11.2 Å². The molecule has 5 aromatic rings. The number of nitrogens with zero attached hydrogens (tertiary/aromatic N) is 4. The Balaban J connectivity index is 1.35. The molecular formula is C20H12Cl2N6O. The lowest BCUT2D eigenvalue weighted by Crippen LogP contribution is -1.98. The third-order valence-corrected chi connectivity index (χ3v) is 4.85. The van der Waals surface area contributed by atoms with Crippen LogP contribution in [0.15, 0.2) is 64.1 Å². The molecule has 9 heteroatoms. The lowest BCUT2D eigenvalue weighted by atomic mass is 10.2. The molecule has 3 heterocycles. The summed E-state index contributed by atoms with van der Waals surface area (Å²) in [6.07, 6.45) is 1.52. The Morgan fingerprint density at radius 3 is 2.83 bits per heavy atom. The van der Waals surface area contributed by atoms with Gasteiger partial charge in [-0.05, 0) is 36.4 Å². The number of hydrogen-bond acceptors (Lipinski definition) is 6. The quantitative estimate of drug-likeness (QED) is 0.293. The molecule has 0 unspecified atom stereocenters. The van der Waals surface area contributed by atoms with Crippen molar-refractivity contribution in [2.75, 3.05) is 5.43 Å². The molecule has 7 nitrogen and oxygen atoms in total. The van der Waals surface area contributed by atoms with Crippen LogP contribution in [0.4, 0.5) is 5.95 Å². The zero-order chi connectivity index (χ0) is 19.8. The molecule has 0 spiro atoms. The first-order valence-electron chi connectivity index (χ1n) is 8.63. The maximum Gasteiger partial charge on any atom is 0.265 e. The van der Waals surface area contributed by atoms with Crippen molar-refractivity contribution in [3.05, 3.63) is 70.4 Å². The summed E-state index contributed by atoms with van der Waals surface area (Å²) in [5.41, 5.74) is 5.81. The molecule has 0 atom stereocenters. The van der Waals surface area contributed by atoms with Gasteiger partial charge in [0.1, 0.15) is 17.0 Å². The Morgan fingerprint density at radius 2 is 1.93 bits per heavy atom. The summed E-state index contributed by atoms with van der Waals surface area (Å²) in [4.78, 5) is 7.61. The van der Waals surface area contributed by atoms with Crippen molar-refractivity contribution < 1.29 is 4.42 Å². The maximum atomic E-state index is 6.22. The fraction of sp³-hybridized carbons (Fsp3) is 0. The van der Waals surface area contributed by atoms with E-state index in [2.05, 4.69) is 30.7 Å². The van der Waals surface area contributed by atoms with Crippen LogP contribution in [0.1, 0.15) is 5.76 Å². The highest BCUT2D eigenvalue weighted by atomic mass is 35.5. The van der Waals surface area contributed by atoms with Crippen LogP contribution in [0, 0.1) is 0 Å². The zero-order valence-corrected chi connectivity index (χ0v) is 16.2. The van der Waals surface area contributed by atoms with Gasteiger partial charge in [0.25, 0.3) is 5.95 Å². The Labute approximate surface area is 174 Å². The molecule has 3 aromatic heterocycles. The van der Waals surface area contributed by atoms with E-state index in [1.165, 1.54) is 6.21 Å². The number of H-pyrrole nitrogens is 1. The zero-order valence-electron chi connectivity index (χ0n) is 14.7. The van der Waals surface area contributed by atoms with Crippen molar-refractivity contribution >= 4 is 57.4 Å². The fourth-order valence-corrected chi connectivity index (χ4v) is 3.48. The molecule has 0 aliphatic heterocycles. The molecule has 142 valence electrons. The van der Waals surface area contributed by atoms with E-state index in [-0.39, 0.29) is 5.95 Å². The van der Waals surface area contributed by atoms with Crippen molar-refractivity contribution in [2.45, 2.75) is 0 Å². The van der Waals surface area contributed by atoms with E-state index < -0.39 is 0 Å². The Morgan fingerprint density at radius 1 is 1.03 bits per heavy atom. The summed E-state index contributed by atoms with van der Waals surface area (Å²) in [7, 11) is 0. The van der Waals surface area contributed by atoms with E-state index in [1.807, 2.05) is 30.3 Å². The van der Waals surface area contributed by atoms with E-state index in [0.29, 0.717) is 32.7 Å². The van der Waals surface area contributed by atoms with Crippen molar-refractivity contribution in [1.29, 1.82) is 0 Å². The number of nitrogens with one attached hydrogen (secondary N) is 2. The highest BCUT2D eigenvalue weighted by Crippen LogP contribution is 2.31. The minimum atomic E-state index is 0.271. The van der Waals surface area contributed by atoms with Gasteiger partial charge in [-0.25, -0.2) is 5.43 Å². The molecule has 2 aromatic carbocycles. The molecule has 29 heavy (non-hydrogen) atoms. The van der Waals surface area contributed by atoms with E-state index in [0.717, 1.165) is 16.5 Å². The van der Waals surface area contributed by atoms with Crippen molar-refractivity contribution in [2.24, 2.45) is 5.10 Å². The highest BCUT2D eigenvalue weighted by Gasteiger charge is 2.09. The molecule has 0 bridgehead atoms. The second-order valence-corrected chi connectivity index (χ2v) is 7.04. The number of benzene rings is 2. The van der Waals surface area contributed by atoms with Crippen LogP contribution >= 0.6 is 23.2 Å². The fourth-order valence-electron chi connectivity index (χ4n) is 2.98. The molecule has 0 radical (unpaired) electrons. The van der Waals surface area contributed by atoms with Gasteiger partial charge in [0.15, 0.2) is 5.65 Å². The van der Waals surface area contributed by atoms with E-state index in [4.69, 9.17) is 27.6 Å². The standard InChI is InChI=1S/C20H12Cl2N6O/c21-11-5-7-13(15(22)9-11)17-8-6-12(29-17)10-23-27-20-25-19-18(26-28-20)14-3-1-2-4-16(14)24-19/h1-10H,(H2,24,25,27,28). The molecule has 2 N–H and O–H groups in total. The summed E-state index contributed by atoms with van der Waals surface area (Å²) in [6, 6.07) is 16.6. The number of halogens is 2. The Bertz CT molecular complexity index is 1370. The van der Waals surface area contributed by atoms with Crippen LogP contribution in [-0.4, -0.2) is 26.4 Å². The molecule has 0 aliphatic rings. The third-order valence-electron chi connectivity index (χ3n) is 4.30. The van der Waals surface area contributed by atoms with E-state index in [1.54, 1.807) is 24.3 Å².